The Balaban J connectivity index is 0.00000242. The van der Waals surface area contributed by atoms with E-state index in [9.17, 15) is 0 Å². The highest BCUT2D eigenvalue weighted by Crippen LogP contribution is 2.29. The van der Waals surface area contributed by atoms with Gasteiger partial charge < -0.3 is 15.4 Å². The third kappa shape index (κ3) is 6.60. The lowest BCUT2D eigenvalue weighted by Crippen LogP contribution is -2.45. The van der Waals surface area contributed by atoms with Gasteiger partial charge in [0.1, 0.15) is 0 Å². The number of nitrogens with zero attached hydrogens (tertiary/aromatic N) is 1. The van der Waals surface area contributed by atoms with E-state index in [-0.39, 0.29) is 24.0 Å². The second-order valence-electron chi connectivity index (χ2n) is 6.92. The molecule has 0 aromatic heterocycles. The summed E-state index contributed by atoms with van der Waals surface area (Å²) in [6.07, 6.45) is 9.22. The Morgan fingerprint density at radius 1 is 1.18 bits per heavy atom. The maximum Gasteiger partial charge on any atom is 0.191 e. The van der Waals surface area contributed by atoms with Gasteiger partial charge in [-0.05, 0) is 56.8 Å². The van der Waals surface area contributed by atoms with Gasteiger partial charge in [-0.3, -0.25) is 4.99 Å². The van der Waals surface area contributed by atoms with Crippen LogP contribution in [-0.2, 0) is 4.74 Å². The number of halogens is 1. The molecular weight excluding hydrogens is 389 g/mol. The second kappa shape index (κ2) is 10.7. The zero-order chi connectivity index (χ0) is 15.1. The lowest BCUT2D eigenvalue weighted by molar-refractivity contribution is 0.105. The molecule has 4 nitrogen and oxygen atoms in total. The van der Waals surface area contributed by atoms with Crippen LogP contribution in [0.1, 0.15) is 58.8 Å². The summed E-state index contributed by atoms with van der Waals surface area (Å²) in [6.45, 7) is 6.59. The number of aliphatic imine (C=N–C) groups is 1. The standard InChI is InChI=1S/C17H33N3O.HI/c1-13(2)14-6-8-15(9-7-14)20-17(18-3)19-11-10-16-5-4-12-21-16;/h13-16H,4-12H2,1-3H3,(H2,18,19,20);1H. The summed E-state index contributed by atoms with van der Waals surface area (Å²) in [5.74, 6) is 2.70. The molecule has 2 aliphatic rings. The van der Waals surface area contributed by atoms with Crippen molar-refractivity contribution in [2.75, 3.05) is 20.2 Å². The van der Waals surface area contributed by atoms with Crippen LogP contribution in [-0.4, -0.2) is 38.3 Å². The third-order valence-corrected chi connectivity index (χ3v) is 5.06. The molecule has 0 amide bonds. The molecular formula is C17H34IN3O. The molecule has 0 spiro atoms. The molecule has 1 saturated carbocycles. The molecule has 1 heterocycles. The van der Waals surface area contributed by atoms with E-state index in [0.717, 1.165) is 37.4 Å². The molecule has 1 aliphatic heterocycles. The van der Waals surface area contributed by atoms with Gasteiger partial charge in [0.15, 0.2) is 5.96 Å². The van der Waals surface area contributed by atoms with E-state index in [4.69, 9.17) is 4.74 Å². The van der Waals surface area contributed by atoms with Gasteiger partial charge in [0.25, 0.3) is 0 Å². The highest BCUT2D eigenvalue weighted by molar-refractivity contribution is 14.0. The SMILES string of the molecule is CN=C(NCCC1CCCO1)NC1CCC(C(C)C)CC1.I. The molecule has 0 aromatic rings. The highest BCUT2D eigenvalue weighted by atomic mass is 127. The average Bonchev–Trinajstić information content (AvgIpc) is 3.00. The van der Waals surface area contributed by atoms with Gasteiger partial charge in [-0.2, -0.15) is 0 Å². The molecule has 1 saturated heterocycles. The third-order valence-electron chi connectivity index (χ3n) is 5.06. The maximum absolute atomic E-state index is 5.65. The van der Waals surface area contributed by atoms with Crippen LogP contribution in [0.15, 0.2) is 4.99 Å². The molecule has 1 aliphatic carbocycles. The first-order valence-corrected chi connectivity index (χ1v) is 8.77. The van der Waals surface area contributed by atoms with Gasteiger partial charge in [0.05, 0.1) is 6.10 Å². The molecule has 22 heavy (non-hydrogen) atoms. The molecule has 1 atom stereocenters. The summed E-state index contributed by atoms with van der Waals surface area (Å²) >= 11 is 0. The van der Waals surface area contributed by atoms with Gasteiger partial charge in [0.2, 0.25) is 0 Å². The van der Waals surface area contributed by atoms with Crippen molar-refractivity contribution in [1.82, 2.24) is 10.6 Å². The molecule has 2 rings (SSSR count). The number of guanidine groups is 1. The van der Waals surface area contributed by atoms with E-state index in [1.807, 2.05) is 7.05 Å². The van der Waals surface area contributed by atoms with Crippen LogP contribution < -0.4 is 10.6 Å². The number of hydrogen-bond acceptors (Lipinski definition) is 2. The fourth-order valence-corrected chi connectivity index (χ4v) is 3.54. The van der Waals surface area contributed by atoms with E-state index < -0.39 is 0 Å². The normalized spacial score (nSPS) is 29.3. The quantitative estimate of drug-likeness (QED) is 0.404. The van der Waals surface area contributed by atoms with Gasteiger partial charge >= 0.3 is 0 Å². The summed E-state index contributed by atoms with van der Waals surface area (Å²) < 4.78 is 5.65. The average molecular weight is 423 g/mol. The van der Waals surface area contributed by atoms with Crippen molar-refractivity contribution in [2.45, 2.75) is 70.9 Å². The molecule has 0 radical (unpaired) electrons. The zero-order valence-electron chi connectivity index (χ0n) is 14.4. The van der Waals surface area contributed by atoms with Gasteiger partial charge in [-0.25, -0.2) is 0 Å². The van der Waals surface area contributed by atoms with Crippen molar-refractivity contribution in [2.24, 2.45) is 16.8 Å². The Hall–Kier alpha value is -0.0400. The van der Waals surface area contributed by atoms with Crippen LogP contribution in [0.3, 0.4) is 0 Å². The van der Waals surface area contributed by atoms with Gasteiger partial charge in [-0.1, -0.05) is 13.8 Å². The molecule has 0 aromatic carbocycles. The summed E-state index contributed by atoms with van der Waals surface area (Å²) in [5, 5.41) is 7.03. The summed E-state index contributed by atoms with van der Waals surface area (Å²) in [6, 6.07) is 0.592. The minimum absolute atomic E-state index is 0. The van der Waals surface area contributed by atoms with Crippen LogP contribution in [0.25, 0.3) is 0 Å². The Morgan fingerprint density at radius 3 is 2.45 bits per heavy atom. The molecule has 2 N–H and O–H groups in total. The maximum atomic E-state index is 5.65. The first-order chi connectivity index (χ1) is 10.2. The Morgan fingerprint density at radius 2 is 1.91 bits per heavy atom. The summed E-state index contributed by atoms with van der Waals surface area (Å²) in [5.41, 5.74) is 0. The van der Waals surface area contributed by atoms with E-state index in [2.05, 4.69) is 29.5 Å². The lowest BCUT2D eigenvalue weighted by Gasteiger charge is -2.32. The van der Waals surface area contributed by atoms with Crippen LogP contribution in [0, 0.1) is 11.8 Å². The van der Waals surface area contributed by atoms with Crippen LogP contribution in [0.2, 0.25) is 0 Å². The fourth-order valence-electron chi connectivity index (χ4n) is 3.54. The van der Waals surface area contributed by atoms with E-state index in [1.54, 1.807) is 0 Å². The zero-order valence-corrected chi connectivity index (χ0v) is 16.8. The molecule has 1 unspecified atom stereocenters. The van der Waals surface area contributed by atoms with E-state index >= 15 is 0 Å². The summed E-state index contributed by atoms with van der Waals surface area (Å²) in [7, 11) is 1.86. The van der Waals surface area contributed by atoms with Crippen molar-refractivity contribution in [3.63, 3.8) is 0 Å². The number of ether oxygens (including phenoxy) is 1. The van der Waals surface area contributed by atoms with E-state index in [0.29, 0.717) is 12.1 Å². The van der Waals surface area contributed by atoms with Crippen molar-refractivity contribution in [1.29, 1.82) is 0 Å². The van der Waals surface area contributed by atoms with Crippen molar-refractivity contribution in [3.8, 4) is 0 Å². The molecule has 130 valence electrons. The number of rotatable bonds is 5. The van der Waals surface area contributed by atoms with Crippen molar-refractivity contribution >= 4 is 29.9 Å². The first kappa shape index (κ1) is 20.0. The predicted octanol–water partition coefficient (Wildman–Crippen LogP) is 3.55. The van der Waals surface area contributed by atoms with Gasteiger partial charge in [-0.15, -0.1) is 24.0 Å². The van der Waals surface area contributed by atoms with Crippen LogP contribution >= 0.6 is 24.0 Å². The second-order valence-corrected chi connectivity index (χ2v) is 6.92. The molecule has 2 fully saturated rings. The fraction of sp³-hybridized carbons (Fsp3) is 0.941. The van der Waals surface area contributed by atoms with E-state index in [1.165, 1.54) is 38.5 Å². The van der Waals surface area contributed by atoms with Crippen LogP contribution in [0.5, 0.6) is 0 Å². The minimum Gasteiger partial charge on any atom is -0.378 e. The first-order valence-electron chi connectivity index (χ1n) is 8.77. The van der Waals surface area contributed by atoms with Gasteiger partial charge in [0, 0.05) is 26.2 Å². The largest absolute Gasteiger partial charge is 0.378 e. The summed E-state index contributed by atoms with van der Waals surface area (Å²) in [4.78, 5) is 4.35. The van der Waals surface area contributed by atoms with Crippen LogP contribution in [0.4, 0.5) is 0 Å². The predicted molar refractivity (Wildman–Crippen MR) is 104 cm³/mol. The monoisotopic (exact) mass is 423 g/mol. The molecule has 5 heteroatoms. The number of hydrogen-bond donors (Lipinski definition) is 2. The Kier molecular flexibility index (Phi) is 9.71. The lowest BCUT2D eigenvalue weighted by atomic mass is 9.80. The van der Waals surface area contributed by atoms with Crippen molar-refractivity contribution < 1.29 is 4.74 Å². The molecule has 0 bridgehead atoms. The van der Waals surface area contributed by atoms with Crippen molar-refractivity contribution in [3.05, 3.63) is 0 Å². The number of nitrogens with one attached hydrogen (secondary N) is 2. The smallest absolute Gasteiger partial charge is 0.191 e. The minimum atomic E-state index is 0. The Labute approximate surface area is 153 Å². The topological polar surface area (TPSA) is 45.7 Å². The Bertz CT molecular complexity index is 322. The highest BCUT2D eigenvalue weighted by Gasteiger charge is 2.23.